The summed E-state index contributed by atoms with van der Waals surface area (Å²) in [5.41, 5.74) is 8.75. The molecule has 208 valence electrons. The van der Waals surface area contributed by atoms with Gasteiger partial charge in [0.25, 0.3) is 0 Å². The van der Waals surface area contributed by atoms with Gasteiger partial charge in [0.1, 0.15) is 11.2 Å². The molecule has 2 heterocycles. The number of hydrogen-bond acceptors (Lipinski definition) is 2. The van der Waals surface area contributed by atoms with Gasteiger partial charge in [-0.15, -0.1) is 0 Å². The van der Waals surface area contributed by atoms with Crippen LogP contribution in [0.4, 0.5) is 0 Å². The zero-order valence-electron chi connectivity index (χ0n) is 24.8. The van der Waals surface area contributed by atoms with Crippen LogP contribution in [0.1, 0.15) is 5.82 Å². The van der Waals surface area contributed by atoms with Gasteiger partial charge in [0.05, 0.1) is 46.1 Å². The lowest BCUT2D eigenvalue weighted by Crippen LogP contribution is -2.31. The average molecular weight is 580 g/mol. The third-order valence-electron chi connectivity index (χ3n) is 8.96. The number of benzene rings is 7. The second-order valence-electron chi connectivity index (χ2n) is 11.9. The highest BCUT2D eigenvalue weighted by Gasteiger charge is 2.25. The summed E-state index contributed by atoms with van der Waals surface area (Å²) in [6.45, 7) is 0. The molecule has 0 aliphatic heterocycles. The van der Waals surface area contributed by atoms with Crippen molar-refractivity contribution in [1.29, 1.82) is 0 Å². The molecule has 46 heavy (non-hydrogen) atoms. The Hall–Kier alpha value is -5.48. The van der Waals surface area contributed by atoms with E-state index in [0.29, 0.717) is 5.82 Å². The molecule has 0 saturated carbocycles. The van der Waals surface area contributed by atoms with E-state index in [1.807, 2.05) is 47.0 Å². The predicted molar refractivity (Wildman–Crippen MR) is 193 cm³/mol. The summed E-state index contributed by atoms with van der Waals surface area (Å²) >= 11 is 0. The maximum atomic E-state index is 6.34. The van der Waals surface area contributed by atoms with Gasteiger partial charge in [-0.2, -0.15) is 0 Å². The van der Waals surface area contributed by atoms with Crippen LogP contribution in [0.5, 0.6) is 0 Å². The average Bonchev–Trinajstić information content (AvgIpc) is 3.66. The molecule has 0 saturated heterocycles. The largest absolute Gasteiger partial charge is 0.456 e. The summed E-state index contributed by atoms with van der Waals surface area (Å²) in [6, 6.07) is 48.2. The first-order valence-corrected chi connectivity index (χ1v) is 15.3. The molecule has 0 atom stereocenters. The summed E-state index contributed by atoms with van der Waals surface area (Å²) < 4.78 is 8.17. The fraction of sp³-hybridized carbons (Fsp3) is 0.0250. The molecular weight excluding hydrogens is 557 g/mol. The third kappa shape index (κ3) is 4.00. The molecule has 6 radical (unpaired) electrons. The van der Waals surface area contributed by atoms with E-state index < -0.39 is 5.11 Å². The van der Waals surface area contributed by atoms with Crippen molar-refractivity contribution in [2.75, 3.05) is 0 Å². The Morgan fingerprint density at radius 1 is 0.522 bits per heavy atom. The van der Waals surface area contributed by atoms with Crippen molar-refractivity contribution in [3.05, 3.63) is 145 Å². The number of fused-ring (bicyclic) bond motifs is 6. The van der Waals surface area contributed by atoms with Crippen LogP contribution < -0.4 is 0 Å². The molecule has 3 nitrogen and oxygen atoms in total. The minimum Gasteiger partial charge on any atom is -0.456 e. The van der Waals surface area contributed by atoms with Crippen LogP contribution in [0, 0.1) is 0 Å². The lowest BCUT2D eigenvalue weighted by atomic mass is 9.42. The monoisotopic (exact) mass is 580 g/mol. The first kappa shape index (κ1) is 26.9. The van der Waals surface area contributed by atoms with Crippen molar-refractivity contribution in [2.24, 2.45) is 0 Å². The molecule has 0 spiro atoms. The number of para-hydroxylation sites is 4. The van der Waals surface area contributed by atoms with E-state index >= 15 is 0 Å². The van der Waals surface area contributed by atoms with Crippen molar-refractivity contribution >= 4 is 78.1 Å². The van der Waals surface area contributed by atoms with E-state index in [-0.39, 0.29) is 0 Å². The second-order valence-corrected chi connectivity index (χ2v) is 11.9. The number of imidazole rings is 1. The third-order valence-corrected chi connectivity index (χ3v) is 8.96. The predicted octanol–water partition coefficient (Wildman–Crippen LogP) is 9.18. The summed E-state index contributed by atoms with van der Waals surface area (Å²) in [4.78, 5) is 4.80. The number of aromatic nitrogens is 2. The van der Waals surface area contributed by atoms with Crippen LogP contribution in [-0.4, -0.2) is 33.1 Å². The smallest absolute Gasteiger partial charge is 0.135 e. The summed E-state index contributed by atoms with van der Waals surface area (Å²) in [6.07, 6.45) is 0. The number of furan rings is 1. The van der Waals surface area contributed by atoms with Crippen molar-refractivity contribution in [3.63, 3.8) is 0 Å². The fourth-order valence-electron chi connectivity index (χ4n) is 7.05. The lowest BCUT2D eigenvalue weighted by Gasteiger charge is -2.24. The van der Waals surface area contributed by atoms with Crippen LogP contribution in [0.2, 0.25) is 0 Å². The highest BCUT2D eigenvalue weighted by atomic mass is 16.3. The Morgan fingerprint density at radius 3 is 1.80 bits per heavy atom. The molecule has 0 N–H and O–H groups in total. The summed E-state index contributed by atoms with van der Waals surface area (Å²) in [5.74, 6) is 0.382. The SMILES string of the molecule is [B]C([B])([B])c1nc2ccccc2n1-c1ccccc1-c1c2ccccc2c(-c2ccc3oc4ccccc4c3c2)c2ccccc12. The van der Waals surface area contributed by atoms with Gasteiger partial charge in [0.15, 0.2) is 0 Å². The molecule has 0 aliphatic carbocycles. The minimum atomic E-state index is -1.66. The number of hydrogen-bond donors (Lipinski definition) is 0. The van der Waals surface area contributed by atoms with Crippen LogP contribution in [0.15, 0.2) is 144 Å². The van der Waals surface area contributed by atoms with Gasteiger partial charge < -0.3 is 4.42 Å². The quantitative estimate of drug-likeness (QED) is 0.154. The molecule has 2 aromatic heterocycles. The van der Waals surface area contributed by atoms with Crippen molar-refractivity contribution in [3.8, 4) is 27.9 Å². The lowest BCUT2D eigenvalue weighted by molar-refractivity contribution is 0.669. The molecular formula is C40H23B3N2O. The first-order chi connectivity index (χ1) is 22.5. The normalized spacial score (nSPS) is 12.2. The molecule has 0 amide bonds. The second kappa shape index (κ2) is 10.0. The maximum Gasteiger partial charge on any atom is 0.135 e. The number of nitrogens with zero attached hydrogens (tertiary/aromatic N) is 2. The van der Waals surface area contributed by atoms with Gasteiger partial charge >= 0.3 is 0 Å². The Labute approximate surface area is 269 Å². The Bertz CT molecular complexity index is 2590. The molecule has 9 aromatic rings. The van der Waals surface area contributed by atoms with Crippen LogP contribution in [0.25, 0.3) is 82.5 Å². The van der Waals surface area contributed by atoms with Gasteiger partial charge in [0.2, 0.25) is 0 Å². The highest BCUT2D eigenvalue weighted by Crippen LogP contribution is 2.46. The molecule has 0 fully saturated rings. The topological polar surface area (TPSA) is 31.0 Å². The molecule has 6 heteroatoms. The Kier molecular flexibility index (Phi) is 5.85. The van der Waals surface area contributed by atoms with Gasteiger partial charge in [-0.25, -0.2) is 4.98 Å². The summed E-state index contributed by atoms with van der Waals surface area (Å²) in [5, 5.41) is 5.12. The maximum absolute atomic E-state index is 6.34. The molecule has 7 aromatic carbocycles. The van der Waals surface area contributed by atoms with E-state index in [9.17, 15) is 0 Å². The van der Waals surface area contributed by atoms with Crippen LogP contribution >= 0.6 is 0 Å². The fourth-order valence-corrected chi connectivity index (χ4v) is 7.05. The molecule has 0 bridgehead atoms. The molecule has 0 aliphatic rings. The van der Waals surface area contributed by atoms with E-state index in [1.165, 1.54) is 5.56 Å². The first-order valence-electron chi connectivity index (χ1n) is 15.3. The van der Waals surface area contributed by atoms with Crippen molar-refractivity contribution in [2.45, 2.75) is 5.11 Å². The van der Waals surface area contributed by atoms with Crippen molar-refractivity contribution in [1.82, 2.24) is 9.55 Å². The minimum absolute atomic E-state index is 0.382. The van der Waals surface area contributed by atoms with E-state index in [0.717, 1.165) is 76.9 Å². The molecule has 0 unspecified atom stereocenters. The molecule has 9 rings (SSSR count). The van der Waals surface area contributed by atoms with Crippen molar-refractivity contribution < 1.29 is 4.42 Å². The van der Waals surface area contributed by atoms with Crippen LogP contribution in [0.3, 0.4) is 0 Å². The number of rotatable bonds is 4. The van der Waals surface area contributed by atoms with Gasteiger partial charge in [-0.3, -0.25) is 4.57 Å². The summed E-state index contributed by atoms with van der Waals surface area (Å²) in [7, 11) is 19.0. The zero-order valence-corrected chi connectivity index (χ0v) is 24.8. The van der Waals surface area contributed by atoms with Gasteiger partial charge in [0, 0.05) is 16.3 Å². The van der Waals surface area contributed by atoms with Crippen LogP contribution in [-0.2, 0) is 5.11 Å². The standard InChI is InChI=1S/C40H23B3N2O/c41-40(42,43)39-44-32-17-7-9-19-34(32)45(39)33-18-8-5-16-30(33)38-28-14-3-1-12-26(28)37(27-13-2-4-15-29(27)38)24-21-22-36-31(23-24)25-11-6-10-20-35(25)46-36/h1-23H. The van der Waals surface area contributed by atoms with Gasteiger partial charge in [-0.1, -0.05) is 108 Å². The van der Waals surface area contributed by atoms with E-state index in [4.69, 9.17) is 32.9 Å². The van der Waals surface area contributed by atoms with E-state index in [2.05, 4.69) is 97.1 Å². The van der Waals surface area contributed by atoms with Gasteiger partial charge in [-0.05, 0) is 74.6 Å². The Balaban J connectivity index is 1.38. The zero-order chi connectivity index (χ0) is 31.0. The Morgan fingerprint density at radius 2 is 1.09 bits per heavy atom. The van der Waals surface area contributed by atoms with E-state index in [1.54, 1.807) is 0 Å². The highest BCUT2D eigenvalue weighted by molar-refractivity contribution is 6.58.